The predicted octanol–water partition coefficient (Wildman–Crippen LogP) is 3.93. The van der Waals surface area contributed by atoms with Gasteiger partial charge in [-0.2, -0.15) is 0 Å². The van der Waals surface area contributed by atoms with Crippen molar-refractivity contribution in [1.82, 2.24) is 4.90 Å². The molecule has 1 aromatic rings. The lowest BCUT2D eigenvalue weighted by Gasteiger charge is -2.22. The van der Waals surface area contributed by atoms with Crippen molar-refractivity contribution >= 4 is 23.4 Å². The molecule has 0 saturated heterocycles. The van der Waals surface area contributed by atoms with Crippen LogP contribution in [0.25, 0.3) is 0 Å². The molecule has 0 radical (unpaired) electrons. The number of rotatable bonds is 9. The molecule has 1 rings (SSSR count). The van der Waals surface area contributed by atoms with E-state index in [1.165, 1.54) is 23.9 Å². The molecule has 0 unspecified atom stereocenters. The quantitative estimate of drug-likeness (QED) is 0.555. The van der Waals surface area contributed by atoms with Crippen molar-refractivity contribution in [2.45, 2.75) is 44.4 Å². The van der Waals surface area contributed by atoms with Gasteiger partial charge < -0.3 is 10.6 Å². The summed E-state index contributed by atoms with van der Waals surface area (Å²) in [5.74, 6) is 0.0389. The highest BCUT2D eigenvalue weighted by atomic mass is 32.2. The Bertz CT molecular complexity index is 446. The van der Waals surface area contributed by atoms with E-state index in [1.807, 2.05) is 4.90 Å². The highest BCUT2D eigenvalue weighted by Gasteiger charge is 2.13. The summed E-state index contributed by atoms with van der Waals surface area (Å²) < 4.78 is 13.4. The monoisotopic (exact) mass is 312 g/mol. The van der Waals surface area contributed by atoms with Crippen LogP contribution in [-0.4, -0.2) is 29.6 Å². The van der Waals surface area contributed by atoms with Gasteiger partial charge in [0.05, 0.1) is 11.4 Å². The maximum Gasteiger partial charge on any atom is 0.232 e. The van der Waals surface area contributed by atoms with Gasteiger partial charge in [-0.1, -0.05) is 26.7 Å². The van der Waals surface area contributed by atoms with Crippen LogP contribution in [0.3, 0.4) is 0 Å². The topological polar surface area (TPSA) is 46.3 Å². The first-order chi connectivity index (χ1) is 10.1. The molecule has 0 aliphatic carbocycles. The van der Waals surface area contributed by atoms with E-state index in [4.69, 9.17) is 5.73 Å². The van der Waals surface area contributed by atoms with E-state index in [1.54, 1.807) is 6.07 Å². The second-order valence-corrected chi connectivity index (χ2v) is 6.11. The minimum atomic E-state index is -0.429. The van der Waals surface area contributed by atoms with Gasteiger partial charge in [0.25, 0.3) is 0 Å². The number of hydrogen-bond acceptors (Lipinski definition) is 3. The van der Waals surface area contributed by atoms with Crippen molar-refractivity contribution in [2.75, 3.05) is 24.6 Å². The fourth-order valence-corrected chi connectivity index (χ4v) is 2.72. The van der Waals surface area contributed by atoms with Gasteiger partial charge in [-0.15, -0.1) is 11.8 Å². The molecule has 0 spiro atoms. The molecular weight excluding hydrogens is 287 g/mol. The van der Waals surface area contributed by atoms with Gasteiger partial charge in [-0.25, -0.2) is 4.39 Å². The summed E-state index contributed by atoms with van der Waals surface area (Å²) in [4.78, 5) is 14.9. The summed E-state index contributed by atoms with van der Waals surface area (Å²) in [5, 5.41) is 0. The van der Waals surface area contributed by atoms with Crippen molar-refractivity contribution < 1.29 is 9.18 Å². The molecule has 3 nitrogen and oxygen atoms in total. The zero-order valence-electron chi connectivity index (χ0n) is 12.9. The lowest BCUT2D eigenvalue weighted by atomic mass is 10.2. The summed E-state index contributed by atoms with van der Waals surface area (Å²) in [6, 6.07) is 4.67. The zero-order valence-corrected chi connectivity index (χ0v) is 13.7. The molecule has 118 valence electrons. The Morgan fingerprint density at radius 2 is 1.86 bits per heavy atom. The van der Waals surface area contributed by atoms with E-state index in [0.717, 1.165) is 43.7 Å². The Morgan fingerprint density at radius 1 is 1.24 bits per heavy atom. The number of carbonyl (C=O) groups excluding carboxylic acids is 1. The lowest BCUT2D eigenvalue weighted by Crippen LogP contribution is -2.34. The number of halogens is 1. The molecule has 0 aliphatic heterocycles. The van der Waals surface area contributed by atoms with Gasteiger partial charge in [-0.3, -0.25) is 4.79 Å². The minimum Gasteiger partial charge on any atom is -0.396 e. The normalized spacial score (nSPS) is 10.6. The van der Waals surface area contributed by atoms with Crippen LogP contribution in [0.1, 0.15) is 39.5 Å². The van der Waals surface area contributed by atoms with Crippen LogP contribution < -0.4 is 5.73 Å². The largest absolute Gasteiger partial charge is 0.396 e. The predicted molar refractivity (Wildman–Crippen MR) is 87.9 cm³/mol. The van der Waals surface area contributed by atoms with Crippen molar-refractivity contribution in [3.8, 4) is 0 Å². The lowest BCUT2D eigenvalue weighted by molar-refractivity contribution is -0.128. The van der Waals surface area contributed by atoms with Gasteiger partial charge >= 0.3 is 0 Å². The zero-order chi connectivity index (χ0) is 15.7. The summed E-state index contributed by atoms with van der Waals surface area (Å²) in [5.41, 5.74) is 5.58. The summed E-state index contributed by atoms with van der Waals surface area (Å²) in [6.07, 6.45) is 4.20. The van der Waals surface area contributed by atoms with Gasteiger partial charge in [-0.05, 0) is 31.0 Å². The first-order valence-corrected chi connectivity index (χ1v) is 8.52. The molecule has 0 saturated carbocycles. The van der Waals surface area contributed by atoms with E-state index in [0.29, 0.717) is 5.75 Å². The summed E-state index contributed by atoms with van der Waals surface area (Å²) in [6.45, 7) is 5.86. The second-order valence-electron chi connectivity index (χ2n) is 5.06. The van der Waals surface area contributed by atoms with Gasteiger partial charge in [0.1, 0.15) is 5.82 Å². The van der Waals surface area contributed by atoms with E-state index in [-0.39, 0.29) is 11.6 Å². The maximum atomic E-state index is 13.4. The molecule has 5 heteroatoms. The maximum absolute atomic E-state index is 13.4. The fourth-order valence-electron chi connectivity index (χ4n) is 1.89. The molecule has 1 amide bonds. The second kappa shape index (κ2) is 9.66. The smallest absolute Gasteiger partial charge is 0.232 e. The minimum absolute atomic E-state index is 0.124. The van der Waals surface area contributed by atoms with Crippen LogP contribution in [-0.2, 0) is 4.79 Å². The molecule has 2 N–H and O–H groups in total. The molecule has 21 heavy (non-hydrogen) atoms. The van der Waals surface area contributed by atoms with Gasteiger partial charge in [0.2, 0.25) is 5.91 Å². The Labute approximate surface area is 131 Å². The van der Waals surface area contributed by atoms with Crippen LogP contribution in [0.4, 0.5) is 10.1 Å². The van der Waals surface area contributed by atoms with Crippen LogP contribution >= 0.6 is 11.8 Å². The Morgan fingerprint density at radius 3 is 2.38 bits per heavy atom. The Kier molecular flexibility index (Phi) is 8.20. The van der Waals surface area contributed by atoms with Gasteiger partial charge in [0.15, 0.2) is 0 Å². The highest BCUT2D eigenvalue weighted by Crippen LogP contribution is 2.22. The summed E-state index contributed by atoms with van der Waals surface area (Å²) >= 11 is 1.36. The molecule has 0 aromatic heterocycles. The number of anilines is 1. The third kappa shape index (κ3) is 6.38. The number of unbranched alkanes of at least 4 members (excludes halogenated alkanes) is 2. The molecule has 0 heterocycles. The van der Waals surface area contributed by atoms with Gasteiger partial charge in [0, 0.05) is 18.0 Å². The molecular formula is C16H25FN2OS. The van der Waals surface area contributed by atoms with E-state index >= 15 is 0 Å². The highest BCUT2D eigenvalue weighted by molar-refractivity contribution is 8.00. The van der Waals surface area contributed by atoms with Crippen LogP contribution in [0.2, 0.25) is 0 Å². The first kappa shape index (κ1) is 17.8. The number of carbonyl (C=O) groups is 1. The van der Waals surface area contributed by atoms with Crippen LogP contribution in [0.5, 0.6) is 0 Å². The summed E-state index contributed by atoms with van der Waals surface area (Å²) in [7, 11) is 0. The number of nitrogen functional groups attached to an aromatic ring is 1. The SMILES string of the molecule is CCCCN(CCCC)C(=O)CSc1ccc(N)c(F)c1. The molecule has 0 bridgehead atoms. The van der Waals surface area contributed by atoms with Crippen molar-refractivity contribution in [2.24, 2.45) is 0 Å². The average Bonchev–Trinajstić information content (AvgIpc) is 2.48. The third-order valence-corrected chi connectivity index (χ3v) is 4.23. The van der Waals surface area contributed by atoms with E-state index < -0.39 is 5.82 Å². The number of thioether (sulfide) groups is 1. The first-order valence-electron chi connectivity index (χ1n) is 7.54. The number of nitrogens with zero attached hydrogens (tertiary/aromatic N) is 1. The standard InChI is InChI=1S/C16H25FN2OS/c1-3-5-9-19(10-6-4-2)16(20)12-21-13-7-8-15(18)14(17)11-13/h7-8,11H,3-6,9-10,12,18H2,1-2H3. The molecule has 0 atom stereocenters. The molecule has 0 aliphatic rings. The number of benzene rings is 1. The van der Waals surface area contributed by atoms with Crippen LogP contribution in [0, 0.1) is 5.82 Å². The third-order valence-electron chi connectivity index (χ3n) is 3.25. The Balaban J connectivity index is 2.53. The van der Waals surface area contributed by atoms with E-state index in [2.05, 4.69) is 13.8 Å². The van der Waals surface area contributed by atoms with Crippen LogP contribution in [0.15, 0.2) is 23.1 Å². The Hall–Kier alpha value is -1.23. The van der Waals surface area contributed by atoms with Crippen molar-refractivity contribution in [1.29, 1.82) is 0 Å². The number of hydrogen-bond donors (Lipinski definition) is 1. The van der Waals surface area contributed by atoms with Crippen molar-refractivity contribution in [3.63, 3.8) is 0 Å². The fraction of sp³-hybridized carbons (Fsp3) is 0.562. The number of nitrogens with two attached hydrogens (primary N) is 1. The van der Waals surface area contributed by atoms with E-state index in [9.17, 15) is 9.18 Å². The average molecular weight is 312 g/mol. The van der Waals surface area contributed by atoms with Crippen molar-refractivity contribution in [3.05, 3.63) is 24.0 Å². The molecule has 1 aromatic carbocycles. The molecule has 0 fully saturated rings. The number of amides is 1.